The third-order valence-electron chi connectivity index (χ3n) is 2.23. The van der Waals surface area contributed by atoms with E-state index < -0.39 is 6.09 Å². The first-order chi connectivity index (χ1) is 8.97. The van der Waals surface area contributed by atoms with Gasteiger partial charge in [-0.05, 0) is 36.6 Å². The van der Waals surface area contributed by atoms with E-state index in [2.05, 4.69) is 10.3 Å². The van der Waals surface area contributed by atoms with Gasteiger partial charge in [0.1, 0.15) is 5.82 Å². The number of carbonyl (C=O) groups is 1. The molecule has 6 heteroatoms. The lowest BCUT2D eigenvalue weighted by atomic mass is 10.1. The van der Waals surface area contributed by atoms with Gasteiger partial charge in [0.05, 0.1) is 12.3 Å². The van der Waals surface area contributed by atoms with Gasteiger partial charge in [-0.2, -0.15) is 0 Å². The summed E-state index contributed by atoms with van der Waals surface area (Å²) in [6, 6.07) is 5.42. The highest BCUT2D eigenvalue weighted by molar-refractivity contribution is 5.94. The number of aliphatic imine (C=N–C) groups is 1. The summed E-state index contributed by atoms with van der Waals surface area (Å²) < 4.78 is 17.6. The number of carbonyl (C=O) groups excluding carboxylic acids is 1. The van der Waals surface area contributed by atoms with E-state index in [0.717, 1.165) is 6.42 Å². The van der Waals surface area contributed by atoms with Crippen molar-refractivity contribution in [2.24, 2.45) is 16.6 Å². The minimum absolute atomic E-state index is 0.0962. The fourth-order valence-electron chi connectivity index (χ4n) is 1.21. The summed E-state index contributed by atoms with van der Waals surface area (Å²) in [6.07, 6.45) is 0.131. The molecule has 0 radical (unpaired) electrons. The van der Waals surface area contributed by atoms with Crippen LogP contribution in [-0.4, -0.2) is 18.7 Å². The quantitative estimate of drug-likeness (QED) is 0.650. The standard InChI is InChI=1S/C13H18FN3O2/c1-9(2)7-8-19-13(18)17-12(15)16-11-5-3-10(14)4-6-11/h3-6,9H,7-8H2,1-2H3,(H3,15,16,17,18). The zero-order valence-electron chi connectivity index (χ0n) is 11.0. The molecule has 104 valence electrons. The monoisotopic (exact) mass is 267 g/mol. The normalized spacial score (nSPS) is 11.5. The maximum absolute atomic E-state index is 12.7. The van der Waals surface area contributed by atoms with E-state index in [1.54, 1.807) is 0 Å². The van der Waals surface area contributed by atoms with E-state index in [4.69, 9.17) is 10.5 Å². The molecule has 0 aliphatic carbocycles. The Bertz CT molecular complexity index is 444. The minimum Gasteiger partial charge on any atom is -0.449 e. The number of amides is 1. The molecule has 0 unspecified atom stereocenters. The predicted octanol–water partition coefficient (Wildman–Crippen LogP) is 2.54. The van der Waals surface area contributed by atoms with Crippen LogP contribution in [0.5, 0.6) is 0 Å². The van der Waals surface area contributed by atoms with Crippen LogP contribution in [-0.2, 0) is 4.74 Å². The van der Waals surface area contributed by atoms with Crippen molar-refractivity contribution in [2.75, 3.05) is 6.61 Å². The molecule has 0 aliphatic rings. The Kier molecular flexibility index (Phi) is 5.78. The molecule has 1 aromatic rings. The van der Waals surface area contributed by atoms with Gasteiger partial charge >= 0.3 is 6.09 Å². The summed E-state index contributed by atoms with van der Waals surface area (Å²) in [7, 11) is 0. The molecule has 19 heavy (non-hydrogen) atoms. The maximum atomic E-state index is 12.7. The average molecular weight is 267 g/mol. The maximum Gasteiger partial charge on any atom is 0.413 e. The van der Waals surface area contributed by atoms with Gasteiger partial charge in [0.15, 0.2) is 0 Å². The molecule has 0 saturated carbocycles. The lowest BCUT2D eigenvalue weighted by Gasteiger charge is -2.07. The molecule has 3 N–H and O–H groups in total. The zero-order chi connectivity index (χ0) is 14.3. The summed E-state index contributed by atoms with van der Waals surface area (Å²) in [6.45, 7) is 4.39. The molecule has 1 amide bonds. The number of guanidine groups is 1. The smallest absolute Gasteiger partial charge is 0.413 e. The molecule has 0 aliphatic heterocycles. The number of nitrogens with one attached hydrogen (secondary N) is 1. The van der Waals surface area contributed by atoms with Crippen molar-refractivity contribution in [3.05, 3.63) is 30.1 Å². The van der Waals surface area contributed by atoms with Gasteiger partial charge < -0.3 is 10.5 Å². The number of hydrogen-bond donors (Lipinski definition) is 2. The molecule has 1 rings (SSSR count). The Labute approximate surface area is 111 Å². The number of nitrogens with zero attached hydrogens (tertiary/aromatic N) is 1. The molecular weight excluding hydrogens is 249 g/mol. The van der Waals surface area contributed by atoms with E-state index in [9.17, 15) is 9.18 Å². The zero-order valence-corrected chi connectivity index (χ0v) is 11.0. The third-order valence-corrected chi connectivity index (χ3v) is 2.23. The van der Waals surface area contributed by atoms with Gasteiger partial charge in [-0.1, -0.05) is 13.8 Å². The van der Waals surface area contributed by atoms with Crippen LogP contribution in [0.1, 0.15) is 20.3 Å². The molecule has 0 bridgehead atoms. The van der Waals surface area contributed by atoms with Crippen LogP contribution in [0.4, 0.5) is 14.9 Å². The first-order valence-corrected chi connectivity index (χ1v) is 6.01. The Morgan fingerprint density at radius 2 is 2.05 bits per heavy atom. The number of rotatable bonds is 4. The second-order valence-electron chi connectivity index (χ2n) is 4.42. The van der Waals surface area contributed by atoms with Crippen LogP contribution < -0.4 is 11.1 Å². The Morgan fingerprint density at radius 3 is 2.63 bits per heavy atom. The first-order valence-electron chi connectivity index (χ1n) is 6.01. The molecule has 0 aromatic heterocycles. The predicted molar refractivity (Wildman–Crippen MR) is 71.6 cm³/mol. The van der Waals surface area contributed by atoms with Crippen molar-refractivity contribution in [1.82, 2.24) is 5.32 Å². The number of ether oxygens (including phenoxy) is 1. The van der Waals surface area contributed by atoms with Gasteiger partial charge in [0.25, 0.3) is 0 Å². The van der Waals surface area contributed by atoms with Crippen LogP contribution >= 0.6 is 0 Å². The van der Waals surface area contributed by atoms with E-state index in [-0.39, 0.29) is 11.8 Å². The Balaban J connectivity index is 2.43. The van der Waals surface area contributed by atoms with Crippen LogP contribution in [0.3, 0.4) is 0 Å². The van der Waals surface area contributed by atoms with E-state index >= 15 is 0 Å². The van der Waals surface area contributed by atoms with Crippen molar-refractivity contribution in [2.45, 2.75) is 20.3 Å². The number of alkyl carbamates (subject to hydrolysis) is 1. The third kappa shape index (κ3) is 6.40. The Morgan fingerprint density at radius 1 is 1.42 bits per heavy atom. The molecule has 5 nitrogen and oxygen atoms in total. The van der Waals surface area contributed by atoms with Crippen LogP contribution in [0.15, 0.2) is 29.3 Å². The van der Waals surface area contributed by atoms with Gasteiger partial charge in [-0.15, -0.1) is 0 Å². The molecule has 0 atom stereocenters. The van der Waals surface area contributed by atoms with E-state index in [1.165, 1.54) is 24.3 Å². The van der Waals surface area contributed by atoms with Gasteiger partial charge in [-0.25, -0.2) is 14.2 Å². The number of benzene rings is 1. The molecule has 1 aromatic carbocycles. The summed E-state index contributed by atoms with van der Waals surface area (Å²) in [5, 5.41) is 2.29. The minimum atomic E-state index is -0.649. The first kappa shape index (κ1) is 14.9. The van der Waals surface area contributed by atoms with Crippen molar-refractivity contribution in [3.63, 3.8) is 0 Å². The molecular formula is C13H18FN3O2. The van der Waals surface area contributed by atoms with Gasteiger partial charge in [0, 0.05) is 0 Å². The van der Waals surface area contributed by atoms with Crippen molar-refractivity contribution in [1.29, 1.82) is 0 Å². The van der Waals surface area contributed by atoms with Crippen LogP contribution in [0.25, 0.3) is 0 Å². The SMILES string of the molecule is CC(C)CCOC(=O)NC(N)=Nc1ccc(F)cc1. The van der Waals surface area contributed by atoms with Crippen molar-refractivity contribution in [3.8, 4) is 0 Å². The lowest BCUT2D eigenvalue weighted by Crippen LogP contribution is -2.37. The fraction of sp³-hybridized carbons (Fsp3) is 0.385. The molecule has 0 saturated heterocycles. The van der Waals surface area contributed by atoms with Gasteiger partial charge in [0.2, 0.25) is 5.96 Å². The second kappa shape index (κ2) is 7.35. The second-order valence-corrected chi connectivity index (χ2v) is 4.42. The Hall–Kier alpha value is -2.11. The van der Waals surface area contributed by atoms with E-state index in [0.29, 0.717) is 18.2 Å². The lowest BCUT2D eigenvalue weighted by molar-refractivity contribution is 0.146. The highest BCUT2D eigenvalue weighted by atomic mass is 19.1. The van der Waals surface area contributed by atoms with Crippen LogP contribution in [0.2, 0.25) is 0 Å². The topological polar surface area (TPSA) is 76.7 Å². The molecule has 0 heterocycles. The number of nitrogens with two attached hydrogens (primary N) is 1. The van der Waals surface area contributed by atoms with Crippen LogP contribution in [0, 0.1) is 11.7 Å². The molecule has 0 spiro atoms. The van der Waals surface area contributed by atoms with E-state index in [1.807, 2.05) is 13.8 Å². The average Bonchev–Trinajstić information content (AvgIpc) is 2.31. The van der Waals surface area contributed by atoms with Gasteiger partial charge in [-0.3, -0.25) is 5.32 Å². The summed E-state index contributed by atoms with van der Waals surface area (Å²) in [5.41, 5.74) is 5.97. The largest absolute Gasteiger partial charge is 0.449 e. The fourth-order valence-corrected chi connectivity index (χ4v) is 1.21. The van der Waals surface area contributed by atoms with Crippen molar-refractivity contribution < 1.29 is 13.9 Å². The highest BCUT2D eigenvalue weighted by Gasteiger charge is 2.04. The summed E-state index contributed by atoms with van der Waals surface area (Å²) in [5.74, 6) is -0.00207. The molecule has 0 fully saturated rings. The highest BCUT2D eigenvalue weighted by Crippen LogP contribution is 2.11. The number of halogens is 1. The van der Waals surface area contributed by atoms with Crippen molar-refractivity contribution >= 4 is 17.7 Å². The summed E-state index contributed by atoms with van der Waals surface area (Å²) >= 11 is 0. The number of hydrogen-bond acceptors (Lipinski definition) is 3. The summed E-state index contributed by atoms with van der Waals surface area (Å²) in [4.78, 5) is 15.2.